The Morgan fingerprint density at radius 1 is 1.18 bits per heavy atom. The Kier molecular flexibility index (Phi) is 3.23. The van der Waals surface area contributed by atoms with Gasteiger partial charge in [-0.15, -0.1) is 10.2 Å². The first kappa shape index (κ1) is 13.2. The second-order valence-corrected chi connectivity index (χ2v) is 5.42. The molecule has 4 heterocycles. The SMILES string of the molecule is Clc1nn2c(-c3cccnc3)nnc2cc1N1CC=CCC1. The van der Waals surface area contributed by atoms with Gasteiger partial charge in [0.25, 0.3) is 0 Å². The van der Waals surface area contributed by atoms with Crippen molar-refractivity contribution in [3.05, 3.63) is 47.9 Å². The molecule has 0 bridgehead atoms. The van der Waals surface area contributed by atoms with E-state index in [0.29, 0.717) is 16.6 Å². The highest BCUT2D eigenvalue weighted by Gasteiger charge is 2.17. The van der Waals surface area contributed by atoms with E-state index in [0.717, 1.165) is 30.8 Å². The van der Waals surface area contributed by atoms with E-state index in [1.807, 2.05) is 18.2 Å². The molecule has 6 nitrogen and oxygen atoms in total. The predicted molar refractivity (Wildman–Crippen MR) is 85.0 cm³/mol. The highest BCUT2D eigenvalue weighted by molar-refractivity contribution is 6.32. The fourth-order valence-corrected chi connectivity index (χ4v) is 2.81. The van der Waals surface area contributed by atoms with Crippen LogP contribution in [0.3, 0.4) is 0 Å². The third-order valence-electron chi connectivity index (χ3n) is 3.65. The summed E-state index contributed by atoms with van der Waals surface area (Å²) >= 11 is 6.38. The molecule has 22 heavy (non-hydrogen) atoms. The maximum Gasteiger partial charge on any atom is 0.186 e. The van der Waals surface area contributed by atoms with Crippen LogP contribution in [0.25, 0.3) is 17.0 Å². The molecule has 0 aliphatic carbocycles. The van der Waals surface area contributed by atoms with Crippen molar-refractivity contribution in [3.8, 4) is 11.4 Å². The maximum atomic E-state index is 6.38. The van der Waals surface area contributed by atoms with Crippen molar-refractivity contribution in [2.45, 2.75) is 6.42 Å². The zero-order chi connectivity index (χ0) is 14.9. The van der Waals surface area contributed by atoms with Crippen LogP contribution in [-0.2, 0) is 0 Å². The van der Waals surface area contributed by atoms with E-state index in [4.69, 9.17) is 11.6 Å². The first-order valence-corrected chi connectivity index (χ1v) is 7.43. The molecule has 1 aliphatic heterocycles. The van der Waals surface area contributed by atoms with Crippen molar-refractivity contribution in [1.82, 2.24) is 24.8 Å². The fraction of sp³-hybridized carbons (Fsp3) is 0.200. The van der Waals surface area contributed by atoms with Crippen molar-refractivity contribution in [2.24, 2.45) is 0 Å². The smallest absolute Gasteiger partial charge is 0.186 e. The average Bonchev–Trinajstić information content (AvgIpc) is 2.98. The summed E-state index contributed by atoms with van der Waals surface area (Å²) in [6.07, 6.45) is 8.77. The summed E-state index contributed by atoms with van der Waals surface area (Å²) in [4.78, 5) is 6.29. The van der Waals surface area contributed by atoms with Crippen molar-refractivity contribution >= 4 is 22.9 Å². The molecule has 110 valence electrons. The Bertz CT molecular complexity index is 842. The lowest BCUT2D eigenvalue weighted by Gasteiger charge is -2.25. The van der Waals surface area contributed by atoms with Gasteiger partial charge in [0.1, 0.15) is 0 Å². The number of hydrogen-bond acceptors (Lipinski definition) is 5. The molecule has 0 saturated heterocycles. The second-order valence-electron chi connectivity index (χ2n) is 5.06. The zero-order valence-electron chi connectivity index (χ0n) is 11.7. The van der Waals surface area contributed by atoms with Crippen LogP contribution in [0.15, 0.2) is 42.7 Å². The van der Waals surface area contributed by atoms with Crippen LogP contribution in [0.2, 0.25) is 5.15 Å². The molecule has 0 aromatic carbocycles. The number of rotatable bonds is 2. The van der Waals surface area contributed by atoms with Crippen LogP contribution in [0, 0.1) is 0 Å². The monoisotopic (exact) mass is 312 g/mol. The third-order valence-corrected chi connectivity index (χ3v) is 3.92. The van der Waals surface area contributed by atoms with E-state index in [1.165, 1.54) is 0 Å². The first-order valence-electron chi connectivity index (χ1n) is 7.05. The zero-order valence-corrected chi connectivity index (χ0v) is 12.5. The summed E-state index contributed by atoms with van der Waals surface area (Å²) in [7, 11) is 0. The third kappa shape index (κ3) is 2.21. The number of nitrogens with zero attached hydrogens (tertiary/aromatic N) is 6. The molecular weight excluding hydrogens is 300 g/mol. The highest BCUT2D eigenvalue weighted by Crippen LogP contribution is 2.27. The Labute approximate surface area is 132 Å². The predicted octanol–water partition coefficient (Wildman–Crippen LogP) is 2.61. The molecule has 0 spiro atoms. The molecule has 0 radical (unpaired) electrons. The van der Waals surface area contributed by atoms with E-state index in [-0.39, 0.29) is 0 Å². The molecule has 0 saturated carbocycles. The molecule has 0 N–H and O–H groups in total. The van der Waals surface area contributed by atoms with Gasteiger partial charge in [-0.05, 0) is 18.6 Å². The van der Waals surface area contributed by atoms with Crippen LogP contribution in [0.1, 0.15) is 6.42 Å². The number of hydrogen-bond donors (Lipinski definition) is 0. The molecule has 3 aromatic rings. The summed E-state index contributed by atoms with van der Waals surface area (Å²) in [5.74, 6) is 0.634. The fourth-order valence-electron chi connectivity index (χ4n) is 2.56. The average molecular weight is 313 g/mol. The number of fused-ring (bicyclic) bond motifs is 1. The molecule has 0 unspecified atom stereocenters. The lowest BCUT2D eigenvalue weighted by molar-refractivity contribution is 0.810. The molecule has 0 atom stereocenters. The summed E-state index contributed by atoms with van der Waals surface area (Å²) in [5.41, 5.74) is 2.42. The Balaban J connectivity index is 1.82. The number of anilines is 1. The van der Waals surface area contributed by atoms with Crippen LogP contribution in [0.4, 0.5) is 5.69 Å². The number of halogens is 1. The number of pyridine rings is 1. The minimum atomic E-state index is 0.452. The first-order chi connectivity index (χ1) is 10.8. The van der Waals surface area contributed by atoms with Gasteiger partial charge in [0.15, 0.2) is 16.6 Å². The topological polar surface area (TPSA) is 59.2 Å². The summed E-state index contributed by atoms with van der Waals surface area (Å²) in [5, 5.41) is 13.3. The Morgan fingerprint density at radius 2 is 2.14 bits per heavy atom. The molecule has 0 fully saturated rings. The van der Waals surface area contributed by atoms with E-state index in [9.17, 15) is 0 Å². The standard InChI is InChI=1S/C15H13ClN6/c16-14-12(21-7-2-1-3-8-21)9-13-18-19-15(22(13)20-14)11-5-4-6-17-10-11/h1-2,4-6,9-10H,3,7-8H2. The molecule has 7 heteroatoms. The Morgan fingerprint density at radius 3 is 2.91 bits per heavy atom. The van der Waals surface area contributed by atoms with Crippen LogP contribution in [0.5, 0.6) is 0 Å². The molecule has 0 amide bonds. The van der Waals surface area contributed by atoms with Gasteiger partial charge in [0.05, 0.1) is 5.69 Å². The van der Waals surface area contributed by atoms with Crippen LogP contribution >= 0.6 is 11.6 Å². The van der Waals surface area contributed by atoms with Gasteiger partial charge in [-0.25, -0.2) is 0 Å². The molecule has 4 rings (SSSR count). The summed E-state index contributed by atoms with van der Waals surface area (Å²) in [6.45, 7) is 1.76. The van der Waals surface area contributed by atoms with Gasteiger partial charge >= 0.3 is 0 Å². The van der Waals surface area contributed by atoms with Gasteiger partial charge in [0.2, 0.25) is 0 Å². The van der Waals surface area contributed by atoms with Crippen LogP contribution < -0.4 is 4.90 Å². The largest absolute Gasteiger partial charge is 0.365 e. The van der Waals surface area contributed by atoms with E-state index >= 15 is 0 Å². The van der Waals surface area contributed by atoms with Gasteiger partial charge in [-0.1, -0.05) is 23.8 Å². The lowest BCUT2D eigenvalue weighted by atomic mass is 10.2. The quantitative estimate of drug-likeness (QED) is 0.681. The van der Waals surface area contributed by atoms with Crippen molar-refractivity contribution < 1.29 is 0 Å². The maximum absolute atomic E-state index is 6.38. The minimum Gasteiger partial charge on any atom is -0.365 e. The molecule has 1 aliphatic rings. The van der Waals surface area contributed by atoms with Gasteiger partial charge in [0, 0.05) is 37.1 Å². The number of aromatic nitrogens is 5. The van der Waals surface area contributed by atoms with E-state index in [1.54, 1.807) is 16.9 Å². The molecule has 3 aromatic heterocycles. The van der Waals surface area contributed by atoms with E-state index < -0.39 is 0 Å². The highest BCUT2D eigenvalue weighted by atomic mass is 35.5. The lowest BCUT2D eigenvalue weighted by Crippen LogP contribution is -2.27. The normalized spacial score (nSPS) is 14.7. The van der Waals surface area contributed by atoms with Gasteiger partial charge in [-0.2, -0.15) is 9.61 Å². The van der Waals surface area contributed by atoms with E-state index in [2.05, 4.69) is 37.3 Å². The van der Waals surface area contributed by atoms with Crippen molar-refractivity contribution in [3.63, 3.8) is 0 Å². The summed E-state index contributed by atoms with van der Waals surface area (Å²) < 4.78 is 1.66. The molecular formula is C15H13ClN6. The van der Waals surface area contributed by atoms with Crippen LogP contribution in [-0.4, -0.2) is 37.9 Å². The minimum absolute atomic E-state index is 0.452. The van der Waals surface area contributed by atoms with Gasteiger partial charge < -0.3 is 4.90 Å². The summed E-state index contributed by atoms with van der Waals surface area (Å²) in [6, 6.07) is 5.70. The van der Waals surface area contributed by atoms with Crippen molar-refractivity contribution in [2.75, 3.05) is 18.0 Å². The van der Waals surface area contributed by atoms with Crippen molar-refractivity contribution in [1.29, 1.82) is 0 Å². The second kappa shape index (κ2) is 5.38. The van der Waals surface area contributed by atoms with Gasteiger partial charge in [-0.3, -0.25) is 4.98 Å². The Hall–Kier alpha value is -2.47.